The molecule has 1 aromatic heterocycles. The summed E-state index contributed by atoms with van der Waals surface area (Å²) in [5.74, 6) is -0.689. The summed E-state index contributed by atoms with van der Waals surface area (Å²) in [6.45, 7) is 1.24. The first-order chi connectivity index (χ1) is 12.6. The van der Waals surface area contributed by atoms with Gasteiger partial charge in [-0.05, 0) is 31.0 Å². The minimum absolute atomic E-state index is 0.378. The minimum Gasteiger partial charge on any atom is -0.550 e. The van der Waals surface area contributed by atoms with Crippen molar-refractivity contribution in [2.75, 3.05) is 18.0 Å². The molecule has 0 atom stereocenters. The molecule has 2 heterocycles. The first-order valence-electron chi connectivity index (χ1n) is 8.60. The normalized spacial score (nSPS) is 15.3. The fourth-order valence-electron chi connectivity index (χ4n) is 3.36. The molecular weight excluding hydrogens is 394 g/mol. The number of halogens is 1. The average Bonchev–Trinajstić information content (AvgIpc) is 2.68. The van der Waals surface area contributed by atoms with Crippen molar-refractivity contribution in [3.05, 3.63) is 53.0 Å². The molecule has 0 aliphatic carbocycles. The van der Waals surface area contributed by atoms with Crippen LogP contribution in [0.1, 0.15) is 12.8 Å². The van der Waals surface area contributed by atoms with Gasteiger partial charge in [0.25, 0.3) is 0 Å². The number of aliphatic carboxylic acids is 1. The second-order valence-electron chi connectivity index (χ2n) is 6.48. The predicted octanol–water partition coefficient (Wildman–Crippen LogP) is 3.03. The van der Waals surface area contributed by atoms with Crippen LogP contribution in [0.3, 0.4) is 0 Å². The molecule has 2 aromatic carbocycles. The molecule has 0 bridgehead atoms. The van der Waals surface area contributed by atoms with Gasteiger partial charge in [-0.15, -0.1) is 0 Å². The molecule has 0 spiro atoms. The number of carboxylic acids is 1. The standard InChI is InChI=1S/C20H18BrN3O2/c21-15-6-7-17-16(12-15)18(13-4-2-1-3-5-13)23-20(22-17)24-10-8-14(9-11-24)19(25)26/h1-7,12,14H,8-11H2,(H,25,26)/p-1. The number of carbonyl (C=O) groups is 1. The lowest BCUT2D eigenvalue weighted by Crippen LogP contribution is -2.41. The molecule has 6 heteroatoms. The van der Waals surface area contributed by atoms with Crippen molar-refractivity contribution >= 4 is 38.8 Å². The molecule has 5 nitrogen and oxygen atoms in total. The molecule has 1 aliphatic heterocycles. The van der Waals surface area contributed by atoms with Gasteiger partial charge in [0.05, 0.1) is 11.2 Å². The first-order valence-corrected chi connectivity index (χ1v) is 9.39. The molecule has 0 saturated carbocycles. The summed E-state index contributed by atoms with van der Waals surface area (Å²) < 4.78 is 0.980. The summed E-state index contributed by atoms with van der Waals surface area (Å²) in [5, 5.41) is 12.1. The second kappa shape index (κ2) is 7.03. The lowest BCUT2D eigenvalue weighted by Gasteiger charge is -2.32. The quantitative estimate of drug-likeness (QED) is 0.663. The van der Waals surface area contributed by atoms with E-state index in [1.54, 1.807) is 0 Å². The Labute approximate surface area is 159 Å². The average molecular weight is 411 g/mol. The van der Waals surface area contributed by atoms with Gasteiger partial charge >= 0.3 is 0 Å². The number of hydrogen-bond donors (Lipinski definition) is 0. The van der Waals surface area contributed by atoms with E-state index in [2.05, 4.69) is 20.8 Å². The largest absolute Gasteiger partial charge is 0.550 e. The van der Waals surface area contributed by atoms with Gasteiger partial charge in [0.2, 0.25) is 5.95 Å². The van der Waals surface area contributed by atoms with Crippen LogP contribution in [0.5, 0.6) is 0 Å². The Balaban J connectivity index is 1.77. The van der Waals surface area contributed by atoms with Gasteiger partial charge < -0.3 is 14.8 Å². The van der Waals surface area contributed by atoms with Crippen LogP contribution in [-0.4, -0.2) is 29.0 Å². The van der Waals surface area contributed by atoms with E-state index in [9.17, 15) is 9.90 Å². The zero-order chi connectivity index (χ0) is 18.1. The number of benzene rings is 2. The molecule has 26 heavy (non-hydrogen) atoms. The molecule has 1 saturated heterocycles. The SMILES string of the molecule is O=C([O-])C1CCN(c2nc(-c3ccccc3)c3cc(Br)ccc3n2)CC1. The molecule has 1 aliphatic rings. The van der Waals surface area contributed by atoms with E-state index < -0.39 is 5.97 Å². The summed E-state index contributed by atoms with van der Waals surface area (Å²) in [4.78, 5) is 22.7. The number of aromatic nitrogens is 2. The third-order valence-electron chi connectivity index (χ3n) is 4.80. The zero-order valence-electron chi connectivity index (χ0n) is 14.1. The minimum atomic E-state index is -0.959. The van der Waals surface area contributed by atoms with Crippen LogP contribution >= 0.6 is 15.9 Å². The molecule has 0 radical (unpaired) electrons. The van der Waals surface area contributed by atoms with Gasteiger partial charge in [0.1, 0.15) is 0 Å². The molecule has 132 valence electrons. The number of nitrogens with zero attached hydrogens (tertiary/aromatic N) is 3. The van der Waals surface area contributed by atoms with E-state index in [0.717, 1.165) is 26.6 Å². The molecule has 0 N–H and O–H groups in total. The fourth-order valence-corrected chi connectivity index (χ4v) is 3.72. The molecule has 0 amide bonds. The molecule has 3 aromatic rings. The van der Waals surface area contributed by atoms with Crippen LogP contribution in [0.2, 0.25) is 0 Å². The Hall–Kier alpha value is -2.47. The van der Waals surface area contributed by atoms with Crippen molar-refractivity contribution in [1.29, 1.82) is 0 Å². The number of rotatable bonds is 3. The van der Waals surface area contributed by atoms with Crippen molar-refractivity contribution < 1.29 is 9.90 Å². The summed E-state index contributed by atoms with van der Waals surface area (Å²) in [6, 6.07) is 16.0. The van der Waals surface area contributed by atoms with Gasteiger partial charge in [0.15, 0.2) is 0 Å². The van der Waals surface area contributed by atoms with Crippen molar-refractivity contribution in [2.24, 2.45) is 5.92 Å². The van der Waals surface area contributed by atoms with E-state index in [4.69, 9.17) is 9.97 Å². The number of fused-ring (bicyclic) bond motifs is 1. The Kier molecular flexibility index (Phi) is 4.59. The first kappa shape index (κ1) is 17.0. The Morgan fingerprint density at radius 2 is 1.81 bits per heavy atom. The highest BCUT2D eigenvalue weighted by molar-refractivity contribution is 9.10. The summed E-state index contributed by atoms with van der Waals surface area (Å²) in [7, 11) is 0. The van der Waals surface area contributed by atoms with Crippen molar-refractivity contribution in [3.63, 3.8) is 0 Å². The third-order valence-corrected chi connectivity index (χ3v) is 5.30. The van der Waals surface area contributed by atoms with Crippen LogP contribution in [0.15, 0.2) is 53.0 Å². The van der Waals surface area contributed by atoms with Gasteiger partial charge in [-0.25, -0.2) is 9.97 Å². The van der Waals surface area contributed by atoms with E-state index in [-0.39, 0.29) is 5.92 Å². The van der Waals surface area contributed by atoms with E-state index in [1.807, 2.05) is 48.5 Å². The monoisotopic (exact) mass is 410 g/mol. The lowest BCUT2D eigenvalue weighted by molar-refractivity contribution is -0.312. The van der Waals surface area contributed by atoms with E-state index in [0.29, 0.717) is 31.9 Å². The number of piperidine rings is 1. The van der Waals surface area contributed by atoms with Gasteiger partial charge in [0, 0.05) is 40.4 Å². The van der Waals surface area contributed by atoms with Gasteiger partial charge in [-0.2, -0.15) is 0 Å². The topological polar surface area (TPSA) is 69.2 Å². The Bertz CT molecular complexity index is 954. The highest BCUT2D eigenvalue weighted by Gasteiger charge is 2.23. The third kappa shape index (κ3) is 3.29. The molecule has 4 rings (SSSR count). The number of carboxylic acid groups (broad SMARTS) is 1. The maximum absolute atomic E-state index is 11.1. The highest BCUT2D eigenvalue weighted by Crippen LogP contribution is 2.31. The number of hydrogen-bond acceptors (Lipinski definition) is 5. The lowest BCUT2D eigenvalue weighted by atomic mass is 9.97. The van der Waals surface area contributed by atoms with Crippen LogP contribution in [0, 0.1) is 5.92 Å². The maximum atomic E-state index is 11.1. The van der Waals surface area contributed by atoms with Gasteiger partial charge in [-0.1, -0.05) is 46.3 Å². The summed E-state index contributed by atoms with van der Waals surface area (Å²) >= 11 is 3.53. The van der Waals surface area contributed by atoms with E-state index in [1.165, 1.54) is 0 Å². The molecule has 0 unspecified atom stereocenters. The van der Waals surface area contributed by atoms with E-state index >= 15 is 0 Å². The maximum Gasteiger partial charge on any atom is 0.226 e. The van der Waals surface area contributed by atoms with Crippen molar-refractivity contribution in [2.45, 2.75) is 12.8 Å². The van der Waals surface area contributed by atoms with Crippen LogP contribution in [-0.2, 0) is 4.79 Å². The van der Waals surface area contributed by atoms with Crippen molar-refractivity contribution in [1.82, 2.24) is 9.97 Å². The number of carbonyl (C=O) groups excluding carboxylic acids is 1. The summed E-state index contributed by atoms with van der Waals surface area (Å²) in [5.41, 5.74) is 2.79. The predicted molar refractivity (Wildman–Crippen MR) is 103 cm³/mol. The smallest absolute Gasteiger partial charge is 0.226 e. The van der Waals surface area contributed by atoms with Crippen LogP contribution < -0.4 is 10.0 Å². The Morgan fingerprint density at radius 1 is 1.08 bits per heavy atom. The van der Waals surface area contributed by atoms with Crippen molar-refractivity contribution in [3.8, 4) is 11.3 Å². The van der Waals surface area contributed by atoms with Crippen LogP contribution in [0.25, 0.3) is 22.2 Å². The molecular formula is C20H17BrN3O2-. The molecule has 1 fully saturated rings. The Morgan fingerprint density at radius 3 is 2.50 bits per heavy atom. The van der Waals surface area contributed by atoms with Crippen LogP contribution in [0.4, 0.5) is 5.95 Å². The number of anilines is 1. The summed E-state index contributed by atoms with van der Waals surface area (Å²) in [6.07, 6.45) is 1.12. The van der Waals surface area contributed by atoms with Gasteiger partial charge in [-0.3, -0.25) is 0 Å². The highest BCUT2D eigenvalue weighted by atomic mass is 79.9. The zero-order valence-corrected chi connectivity index (χ0v) is 15.6. The second-order valence-corrected chi connectivity index (χ2v) is 7.40. The fraction of sp³-hybridized carbons (Fsp3) is 0.250.